The van der Waals surface area contributed by atoms with E-state index in [1.54, 1.807) is 18.2 Å². The lowest BCUT2D eigenvalue weighted by Gasteiger charge is -2.08. The van der Waals surface area contributed by atoms with Gasteiger partial charge in [0.05, 0.1) is 5.75 Å². The number of aromatic nitrogens is 3. The highest BCUT2D eigenvalue weighted by Crippen LogP contribution is 2.20. The van der Waals surface area contributed by atoms with Gasteiger partial charge in [-0.25, -0.2) is 0 Å². The van der Waals surface area contributed by atoms with E-state index in [0.29, 0.717) is 17.3 Å². The van der Waals surface area contributed by atoms with Crippen LogP contribution >= 0.6 is 23.4 Å². The van der Waals surface area contributed by atoms with Gasteiger partial charge in [-0.1, -0.05) is 68.1 Å². The van der Waals surface area contributed by atoms with Crippen molar-refractivity contribution >= 4 is 35.0 Å². The Balaban J connectivity index is 1.89. The molecule has 0 aliphatic heterocycles. The molecule has 27 heavy (non-hydrogen) atoms. The number of benzene rings is 1. The molecule has 0 atom stereocenters. The smallest absolute Gasteiger partial charge is 0.234 e. The minimum atomic E-state index is -0.100. The second-order valence-corrected chi connectivity index (χ2v) is 7.69. The predicted octanol–water partition coefficient (Wildman–Crippen LogP) is 5.36. The minimum Gasteiger partial charge on any atom is -0.325 e. The van der Waals surface area contributed by atoms with Crippen LogP contribution in [0.2, 0.25) is 5.02 Å². The molecule has 0 spiro atoms. The van der Waals surface area contributed by atoms with Crippen LogP contribution in [-0.4, -0.2) is 26.4 Å². The lowest BCUT2D eigenvalue weighted by molar-refractivity contribution is -0.113. The highest BCUT2D eigenvalue weighted by atomic mass is 35.5. The van der Waals surface area contributed by atoms with E-state index in [1.807, 2.05) is 16.7 Å². The summed E-state index contributed by atoms with van der Waals surface area (Å²) in [6, 6.07) is 7.11. The van der Waals surface area contributed by atoms with Crippen LogP contribution in [0.4, 0.5) is 5.69 Å². The van der Waals surface area contributed by atoms with Crippen LogP contribution in [0.3, 0.4) is 0 Å². The van der Waals surface area contributed by atoms with Crippen LogP contribution < -0.4 is 5.32 Å². The number of rotatable bonds is 12. The lowest BCUT2D eigenvalue weighted by atomic mass is 10.1. The van der Waals surface area contributed by atoms with Crippen molar-refractivity contribution in [1.29, 1.82) is 0 Å². The normalized spacial score (nSPS) is 10.7. The highest BCUT2D eigenvalue weighted by molar-refractivity contribution is 7.99. The zero-order valence-corrected chi connectivity index (χ0v) is 17.4. The summed E-state index contributed by atoms with van der Waals surface area (Å²) < 4.78 is 2.05. The number of nitrogens with zero attached hydrogens (tertiary/aromatic N) is 3. The molecule has 0 saturated heterocycles. The number of anilines is 1. The van der Waals surface area contributed by atoms with Crippen molar-refractivity contribution in [1.82, 2.24) is 14.8 Å². The molecular weight excluding hydrogens is 380 g/mol. The first-order chi connectivity index (χ1) is 13.1. The molecule has 0 radical (unpaired) electrons. The van der Waals surface area contributed by atoms with Gasteiger partial charge in [0.2, 0.25) is 5.91 Å². The average Bonchev–Trinajstić information content (AvgIpc) is 3.02. The summed E-state index contributed by atoms with van der Waals surface area (Å²) in [7, 11) is 0. The van der Waals surface area contributed by atoms with Crippen molar-refractivity contribution < 1.29 is 4.79 Å². The van der Waals surface area contributed by atoms with E-state index in [2.05, 4.69) is 29.0 Å². The van der Waals surface area contributed by atoms with Crippen LogP contribution in [-0.2, 0) is 17.8 Å². The molecule has 146 valence electrons. The molecule has 1 aromatic carbocycles. The molecular formula is C20H27ClN4OS. The molecule has 1 heterocycles. The van der Waals surface area contributed by atoms with Crippen molar-refractivity contribution in [3.8, 4) is 0 Å². The van der Waals surface area contributed by atoms with E-state index in [0.717, 1.165) is 23.8 Å². The maximum Gasteiger partial charge on any atom is 0.234 e. The van der Waals surface area contributed by atoms with Crippen molar-refractivity contribution in [2.45, 2.75) is 57.1 Å². The second kappa shape index (κ2) is 11.8. The van der Waals surface area contributed by atoms with Crippen molar-refractivity contribution in [2.75, 3.05) is 11.1 Å². The van der Waals surface area contributed by atoms with E-state index in [9.17, 15) is 4.79 Å². The van der Waals surface area contributed by atoms with Gasteiger partial charge >= 0.3 is 0 Å². The number of hydrogen-bond donors (Lipinski definition) is 1. The van der Waals surface area contributed by atoms with E-state index in [1.165, 1.54) is 37.4 Å². The van der Waals surface area contributed by atoms with Gasteiger partial charge in [-0.15, -0.1) is 16.8 Å². The van der Waals surface area contributed by atoms with Gasteiger partial charge in [0.1, 0.15) is 5.82 Å². The third-order valence-electron chi connectivity index (χ3n) is 4.05. The Morgan fingerprint density at radius 1 is 1.30 bits per heavy atom. The largest absolute Gasteiger partial charge is 0.325 e. The number of allylic oxidation sites excluding steroid dienone is 1. The Labute approximate surface area is 170 Å². The number of carbonyl (C=O) groups is 1. The minimum absolute atomic E-state index is 0.100. The van der Waals surface area contributed by atoms with Crippen LogP contribution in [0.25, 0.3) is 0 Å². The summed E-state index contributed by atoms with van der Waals surface area (Å²) in [5.41, 5.74) is 0.688. The number of nitrogens with one attached hydrogen (secondary N) is 1. The van der Waals surface area contributed by atoms with Gasteiger partial charge in [0.25, 0.3) is 0 Å². The molecule has 1 N–H and O–H groups in total. The summed E-state index contributed by atoms with van der Waals surface area (Å²) in [6.07, 6.45) is 8.83. The second-order valence-electron chi connectivity index (χ2n) is 6.31. The Morgan fingerprint density at radius 3 is 2.85 bits per heavy atom. The number of carbonyl (C=O) groups excluding carboxylic acids is 1. The van der Waals surface area contributed by atoms with Crippen LogP contribution in [0.1, 0.15) is 44.9 Å². The summed E-state index contributed by atoms with van der Waals surface area (Å²) >= 11 is 7.32. The highest BCUT2D eigenvalue weighted by Gasteiger charge is 2.13. The zero-order chi connectivity index (χ0) is 19.5. The van der Waals surface area contributed by atoms with Gasteiger partial charge in [0.15, 0.2) is 5.16 Å². The monoisotopic (exact) mass is 406 g/mol. The first-order valence-corrected chi connectivity index (χ1v) is 10.7. The number of hydrogen-bond acceptors (Lipinski definition) is 4. The summed E-state index contributed by atoms with van der Waals surface area (Å²) in [5, 5.41) is 12.8. The molecule has 0 aliphatic carbocycles. The Kier molecular flexibility index (Phi) is 9.42. The number of thioether (sulfide) groups is 1. The van der Waals surface area contributed by atoms with Crippen LogP contribution in [0.15, 0.2) is 42.1 Å². The quantitative estimate of drug-likeness (QED) is 0.293. The third-order valence-corrected chi connectivity index (χ3v) is 5.25. The Morgan fingerprint density at radius 2 is 2.11 bits per heavy atom. The maximum absolute atomic E-state index is 12.2. The van der Waals surface area contributed by atoms with Crippen molar-refractivity contribution in [2.24, 2.45) is 0 Å². The fourth-order valence-electron chi connectivity index (χ4n) is 2.70. The summed E-state index contributed by atoms with van der Waals surface area (Å²) in [6.45, 7) is 6.68. The van der Waals surface area contributed by atoms with Gasteiger partial charge in [-0.2, -0.15) is 0 Å². The van der Waals surface area contributed by atoms with E-state index < -0.39 is 0 Å². The van der Waals surface area contributed by atoms with Crippen molar-refractivity contribution in [3.63, 3.8) is 0 Å². The Hall–Kier alpha value is -1.79. The van der Waals surface area contributed by atoms with Gasteiger partial charge in [0, 0.05) is 23.7 Å². The van der Waals surface area contributed by atoms with E-state index in [4.69, 9.17) is 11.6 Å². The Bertz CT molecular complexity index is 747. The first-order valence-electron chi connectivity index (χ1n) is 9.35. The van der Waals surface area contributed by atoms with Gasteiger partial charge in [-0.3, -0.25) is 4.79 Å². The summed E-state index contributed by atoms with van der Waals surface area (Å²) in [5.74, 6) is 1.12. The SMILES string of the molecule is C=CCn1c(CCCCCCC)nnc1SCC(=O)Nc1cccc(Cl)c1. The fourth-order valence-corrected chi connectivity index (χ4v) is 3.66. The standard InChI is InChI=1S/C20H27ClN4OS/c1-3-5-6-7-8-12-18-23-24-20(25(18)13-4-2)27-15-19(26)22-17-11-9-10-16(21)14-17/h4,9-11,14H,2-3,5-8,12-13,15H2,1H3,(H,22,26). The molecule has 0 fully saturated rings. The van der Waals surface area contributed by atoms with Crippen LogP contribution in [0.5, 0.6) is 0 Å². The predicted molar refractivity (Wildman–Crippen MR) is 113 cm³/mol. The number of unbranched alkanes of at least 4 members (excludes halogenated alkanes) is 4. The molecule has 0 saturated carbocycles. The van der Waals surface area contributed by atoms with Gasteiger partial charge < -0.3 is 9.88 Å². The molecule has 2 aromatic rings. The molecule has 0 bridgehead atoms. The maximum atomic E-state index is 12.2. The molecule has 2 rings (SSSR count). The molecule has 1 aromatic heterocycles. The van der Waals surface area contributed by atoms with Crippen molar-refractivity contribution in [3.05, 3.63) is 47.8 Å². The number of amides is 1. The van der Waals surface area contributed by atoms with Crippen LogP contribution in [0, 0.1) is 0 Å². The topological polar surface area (TPSA) is 59.8 Å². The molecule has 0 unspecified atom stereocenters. The lowest BCUT2D eigenvalue weighted by Crippen LogP contribution is -2.14. The fraction of sp³-hybridized carbons (Fsp3) is 0.450. The van der Waals surface area contributed by atoms with E-state index >= 15 is 0 Å². The molecule has 1 amide bonds. The summed E-state index contributed by atoms with van der Waals surface area (Å²) in [4.78, 5) is 12.2. The molecule has 5 nitrogen and oxygen atoms in total. The first kappa shape index (κ1) is 21.5. The van der Waals surface area contributed by atoms with Gasteiger partial charge in [-0.05, 0) is 24.6 Å². The average molecular weight is 407 g/mol. The van der Waals surface area contributed by atoms with E-state index in [-0.39, 0.29) is 11.7 Å². The molecule has 7 heteroatoms. The molecule has 0 aliphatic rings. The third kappa shape index (κ3) is 7.39. The number of halogens is 1. The number of aryl methyl sites for hydroxylation is 1. The zero-order valence-electron chi connectivity index (χ0n) is 15.8.